The summed E-state index contributed by atoms with van der Waals surface area (Å²) in [5.41, 5.74) is 2.54. The molecule has 0 aromatic heterocycles. The number of aliphatic hydroxyl groups excluding tert-OH is 5. The summed E-state index contributed by atoms with van der Waals surface area (Å²) in [5.74, 6) is 1.37. The van der Waals surface area contributed by atoms with E-state index in [1.54, 1.807) is 32.2 Å². The van der Waals surface area contributed by atoms with Crippen LogP contribution in [-0.4, -0.2) is 83.7 Å². The fourth-order valence-electron chi connectivity index (χ4n) is 4.72. The topological polar surface area (TPSA) is 147 Å². The molecule has 0 aliphatic carbocycles. The minimum atomic E-state index is -1.46. The average molecular weight is 507 g/mol. The third kappa shape index (κ3) is 4.97. The lowest BCUT2D eigenvalue weighted by atomic mass is 9.90. The molecule has 1 fully saturated rings. The Bertz CT molecular complexity index is 1040. The number of aliphatic hydroxyl groups is 5. The third-order valence-electron chi connectivity index (χ3n) is 6.76. The van der Waals surface area contributed by atoms with Crippen molar-refractivity contribution in [2.75, 3.05) is 27.4 Å². The molecule has 0 bridgehead atoms. The summed E-state index contributed by atoms with van der Waals surface area (Å²) in [6.45, 7) is 1.49. The van der Waals surface area contributed by atoms with Crippen LogP contribution in [0.25, 0.3) is 0 Å². The molecule has 2 aliphatic rings. The number of benzene rings is 2. The second-order valence-electron chi connectivity index (χ2n) is 9.08. The number of hydrogen-bond donors (Lipinski definition) is 5. The van der Waals surface area contributed by atoms with Crippen LogP contribution in [0.4, 0.5) is 0 Å². The Labute approximate surface area is 209 Å². The molecule has 0 radical (unpaired) electrons. The molecule has 10 nitrogen and oxygen atoms in total. The molecule has 5 N–H and O–H groups in total. The second kappa shape index (κ2) is 11.2. The van der Waals surface area contributed by atoms with Crippen molar-refractivity contribution in [2.24, 2.45) is 0 Å². The van der Waals surface area contributed by atoms with Crippen LogP contribution >= 0.6 is 0 Å². The number of rotatable bonds is 9. The quantitative estimate of drug-likeness (QED) is 0.334. The van der Waals surface area contributed by atoms with E-state index >= 15 is 0 Å². The van der Waals surface area contributed by atoms with Crippen LogP contribution in [0.15, 0.2) is 30.3 Å². The first kappa shape index (κ1) is 26.5. The maximum Gasteiger partial charge on any atom is 0.229 e. The minimum Gasteiger partial charge on any atom is -0.493 e. The largest absolute Gasteiger partial charge is 0.493 e. The van der Waals surface area contributed by atoms with Crippen molar-refractivity contribution in [3.8, 4) is 23.0 Å². The van der Waals surface area contributed by atoms with Gasteiger partial charge in [0.2, 0.25) is 6.29 Å². The number of ether oxygens (including phenoxy) is 5. The molecule has 2 aromatic carbocycles. The molecule has 1 saturated heterocycles. The van der Waals surface area contributed by atoms with Gasteiger partial charge in [0.1, 0.15) is 24.4 Å². The Morgan fingerprint density at radius 2 is 1.64 bits per heavy atom. The maximum atomic E-state index is 10.3. The SMILES string of the molecule is COc1cc([C@H]2Oc3c(OC)cc(CCCO)cc3[C@H]2CO)ccc1O[C@H]1O[C@H](C)[C@@H](O)[C@H](O)[C@@H]1O. The first-order valence-corrected chi connectivity index (χ1v) is 12.0. The highest BCUT2D eigenvalue weighted by Crippen LogP contribution is 2.51. The fourth-order valence-corrected chi connectivity index (χ4v) is 4.72. The van der Waals surface area contributed by atoms with Crippen LogP contribution in [0.3, 0.4) is 0 Å². The molecule has 198 valence electrons. The predicted octanol–water partition coefficient (Wildman–Crippen LogP) is 1.04. The lowest BCUT2D eigenvalue weighted by molar-refractivity contribution is -0.268. The molecule has 36 heavy (non-hydrogen) atoms. The number of aryl methyl sites for hydroxylation is 1. The first-order chi connectivity index (χ1) is 17.3. The van der Waals surface area contributed by atoms with E-state index < -0.39 is 36.8 Å². The van der Waals surface area contributed by atoms with E-state index in [0.717, 1.165) is 16.7 Å². The van der Waals surface area contributed by atoms with Gasteiger partial charge >= 0.3 is 0 Å². The van der Waals surface area contributed by atoms with Gasteiger partial charge in [0.15, 0.2) is 23.0 Å². The third-order valence-corrected chi connectivity index (χ3v) is 6.76. The van der Waals surface area contributed by atoms with E-state index in [1.165, 1.54) is 7.11 Å². The van der Waals surface area contributed by atoms with E-state index in [0.29, 0.717) is 30.1 Å². The highest BCUT2D eigenvalue weighted by Gasteiger charge is 2.43. The van der Waals surface area contributed by atoms with Gasteiger partial charge in [-0.3, -0.25) is 0 Å². The summed E-state index contributed by atoms with van der Waals surface area (Å²) < 4.78 is 28.7. The summed E-state index contributed by atoms with van der Waals surface area (Å²) in [7, 11) is 3.03. The van der Waals surface area contributed by atoms with E-state index in [9.17, 15) is 25.5 Å². The monoisotopic (exact) mass is 506 g/mol. The molecule has 10 heteroatoms. The van der Waals surface area contributed by atoms with Gasteiger partial charge in [-0.25, -0.2) is 0 Å². The highest BCUT2D eigenvalue weighted by atomic mass is 16.7. The number of hydrogen-bond acceptors (Lipinski definition) is 10. The zero-order valence-corrected chi connectivity index (χ0v) is 20.5. The van der Waals surface area contributed by atoms with Crippen LogP contribution in [0, 0.1) is 0 Å². The molecule has 0 saturated carbocycles. The molecule has 4 rings (SSSR count). The Hall–Kier alpha value is -2.60. The van der Waals surface area contributed by atoms with Gasteiger partial charge in [-0.2, -0.15) is 0 Å². The molecule has 2 heterocycles. The molecule has 0 unspecified atom stereocenters. The minimum absolute atomic E-state index is 0.0809. The lowest BCUT2D eigenvalue weighted by Gasteiger charge is -2.39. The van der Waals surface area contributed by atoms with Crippen molar-refractivity contribution >= 4 is 0 Å². The van der Waals surface area contributed by atoms with Crippen LogP contribution < -0.4 is 18.9 Å². The van der Waals surface area contributed by atoms with Gasteiger partial charge in [-0.05, 0) is 49.1 Å². The van der Waals surface area contributed by atoms with E-state index in [4.69, 9.17) is 23.7 Å². The smallest absolute Gasteiger partial charge is 0.229 e. The average Bonchev–Trinajstić information content (AvgIpc) is 3.27. The van der Waals surface area contributed by atoms with Gasteiger partial charge in [0, 0.05) is 12.2 Å². The Balaban J connectivity index is 1.60. The van der Waals surface area contributed by atoms with Gasteiger partial charge in [-0.15, -0.1) is 0 Å². The molecular weight excluding hydrogens is 472 g/mol. The Kier molecular flexibility index (Phi) is 8.23. The van der Waals surface area contributed by atoms with E-state index in [1.807, 2.05) is 12.1 Å². The van der Waals surface area contributed by atoms with Crippen LogP contribution in [0.5, 0.6) is 23.0 Å². The van der Waals surface area contributed by atoms with Crippen LogP contribution in [-0.2, 0) is 11.2 Å². The standard InChI is InChI=1S/C26H34O10/c1-13-21(29)22(30)23(31)26(34-13)35-18-7-6-15(11-19(18)32-2)24-17(12-28)16-9-14(5-4-8-27)10-20(33-3)25(16)36-24/h6-7,9-11,13,17,21-24,26-31H,4-5,8,12H2,1-3H3/t13-,17-,21-,22+,23+,24-,26-/m1/s1. The van der Waals surface area contributed by atoms with Gasteiger partial charge < -0.3 is 49.2 Å². The second-order valence-corrected chi connectivity index (χ2v) is 9.08. The van der Waals surface area contributed by atoms with Gasteiger partial charge in [0.25, 0.3) is 0 Å². The fraction of sp³-hybridized carbons (Fsp3) is 0.538. The van der Waals surface area contributed by atoms with Crippen molar-refractivity contribution in [3.63, 3.8) is 0 Å². The number of methoxy groups -OCH3 is 2. The van der Waals surface area contributed by atoms with E-state index in [2.05, 4.69) is 0 Å². The molecule has 2 aromatic rings. The molecule has 7 atom stereocenters. The number of fused-ring (bicyclic) bond motifs is 1. The van der Waals surface area contributed by atoms with Crippen molar-refractivity contribution in [3.05, 3.63) is 47.0 Å². The summed E-state index contributed by atoms with van der Waals surface area (Å²) in [6.07, 6.45) is -5.31. The summed E-state index contributed by atoms with van der Waals surface area (Å²) in [5, 5.41) is 49.8. The van der Waals surface area contributed by atoms with Crippen molar-refractivity contribution < 1.29 is 49.2 Å². The zero-order chi connectivity index (χ0) is 26.0. The molecular formula is C26H34O10. The highest BCUT2D eigenvalue weighted by molar-refractivity contribution is 5.56. The first-order valence-electron chi connectivity index (χ1n) is 12.0. The maximum absolute atomic E-state index is 10.3. The summed E-state index contributed by atoms with van der Waals surface area (Å²) >= 11 is 0. The zero-order valence-electron chi connectivity index (χ0n) is 20.5. The van der Waals surface area contributed by atoms with Gasteiger partial charge in [-0.1, -0.05) is 12.1 Å². The molecule has 0 spiro atoms. The molecule has 2 aliphatic heterocycles. The van der Waals surface area contributed by atoms with Crippen molar-refractivity contribution in [2.45, 2.75) is 62.5 Å². The lowest BCUT2D eigenvalue weighted by Crippen LogP contribution is -2.58. The normalized spacial score (nSPS) is 29.4. The van der Waals surface area contributed by atoms with Crippen molar-refractivity contribution in [1.82, 2.24) is 0 Å². The van der Waals surface area contributed by atoms with Crippen LogP contribution in [0.1, 0.15) is 42.1 Å². The predicted molar refractivity (Wildman–Crippen MR) is 128 cm³/mol. The van der Waals surface area contributed by atoms with Gasteiger partial charge in [0.05, 0.1) is 32.8 Å². The summed E-state index contributed by atoms with van der Waals surface area (Å²) in [4.78, 5) is 0. The Morgan fingerprint density at radius 3 is 2.31 bits per heavy atom. The van der Waals surface area contributed by atoms with Crippen LogP contribution in [0.2, 0.25) is 0 Å². The Morgan fingerprint density at radius 1 is 0.889 bits per heavy atom. The summed E-state index contributed by atoms with van der Waals surface area (Å²) in [6, 6.07) is 8.98. The van der Waals surface area contributed by atoms with Crippen molar-refractivity contribution in [1.29, 1.82) is 0 Å². The molecule has 0 amide bonds. The van der Waals surface area contributed by atoms with E-state index in [-0.39, 0.29) is 24.9 Å².